The fourth-order valence-corrected chi connectivity index (χ4v) is 2.67. The van der Waals surface area contributed by atoms with Crippen LogP contribution in [0.15, 0.2) is 6.33 Å². The van der Waals surface area contributed by atoms with Gasteiger partial charge in [0.15, 0.2) is 0 Å². The predicted molar refractivity (Wildman–Crippen MR) is 65.1 cm³/mol. The molecule has 17 heavy (non-hydrogen) atoms. The topological polar surface area (TPSA) is 47.0 Å². The maximum atomic E-state index is 5.90. The molecule has 2 heterocycles. The van der Waals surface area contributed by atoms with Crippen LogP contribution in [0.3, 0.4) is 0 Å². The maximum Gasteiger partial charge on any atom is 0.219 e. The highest BCUT2D eigenvalue weighted by molar-refractivity contribution is 5.31. The molecular weight excluding hydrogens is 214 g/mol. The van der Waals surface area contributed by atoms with Gasteiger partial charge in [-0.1, -0.05) is 0 Å². The van der Waals surface area contributed by atoms with Crippen molar-refractivity contribution >= 4 is 0 Å². The SMILES string of the molecule is c1nc2c(c(OCC3CCNC3)n1)CCCC2. The Morgan fingerprint density at radius 3 is 3.12 bits per heavy atom. The molecule has 1 aliphatic heterocycles. The number of fused-ring (bicyclic) bond motifs is 1. The van der Waals surface area contributed by atoms with Crippen LogP contribution in [0.1, 0.15) is 30.5 Å². The van der Waals surface area contributed by atoms with Gasteiger partial charge in [0, 0.05) is 18.0 Å². The number of nitrogens with one attached hydrogen (secondary N) is 1. The van der Waals surface area contributed by atoms with E-state index in [2.05, 4.69) is 15.3 Å². The first-order valence-electron chi connectivity index (χ1n) is 6.60. The monoisotopic (exact) mass is 233 g/mol. The van der Waals surface area contributed by atoms with E-state index < -0.39 is 0 Å². The minimum absolute atomic E-state index is 0.643. The Morgan fingerprint density at radius 2 is 2.24 bits per heavy atom. The lowest BCUT2D eigenvalue weighted by Gasteiger charge is -2.18. The molecule has 0 bridgehead atoms. The van der Waals surface area contributed by atoms with Gasteiger partial charge in [-0.3, -0.25) is 0 Å². The Kier molecular flexibility index (Phi) is 3.22. The summed E-state index contributed by atoms with van der Waals surface area (Å²) in [6.45, 7) is 2.99. The molecule has 1 aromatic heterocycles. The van der Waals surface area contributed by atoms with Gasteiger partial charge in [0.2, 0.25) is 5.88 Å². The number of ether oxygens (including phenoxy) is 1. The molecule has 0 spiro atoms. The van der Waals surface area contributed by atoms with Crippen molar-refractivity contribution in [2.24, 2.45) is 5.92 Å². The molecule has 1 aromatic rings. The molecule has 1 aliphatic carbocycles. The van der Waals surface area contributed by atoms with Crippen molar-refractivity contribution in [1.29, 1.82) is 0 Å². The Bertz CT molecular complexity index is 388. The maximum absolute atomic E-state index is 5.90. The number of hydrogen-bond donors (Lipinski definition) is 1. The van der Waals surface area contributed by atoms with Crippen LogP contribution >= 0.6 is 0 Å². The van der Waals surface area contributed by atoms with Crippen molar-refractivity contribution in [1.82, 2.24) is 15.3 Å². The summed E-state index contributed by atoms with van der Waals surface area (Å²) in [5, 5.41) is 3.36. The second-order valence-corrected chi connectivity index (χ2v) is 4.98. The Balaban J connectivity index is 1.69. The first-order valence-corrected chi connectivity index (χ1v) is 6.60. The van der Waals surface area contributed by atoms with Crippen molar-refractivity contribution in [3.63, 3.8) is 0 Å². The van der Waals surface area contributed by atoms with Crippen LogP contribution in [0.5, 0.6) is 5.88 Å². The van der Waals surface area contributed by atoms with Gasteiger partial charge < -0.3 is 10.1 Å². The Labute approximate surface area is 102 Å². The first-order chi connectivity index (χ1) is 8.43. The van der Waals surface area contributed by atoms with Crippen molar-refractivity contribution < 1.29 is 4.74 Å². The largest absolute Gasteiger partial charge is 0.477 e. The molecule has 1 fully saturated rings. The second-order valence-electron chi connectivity index (χ2n) is 4.98. The lowest BCUT2D eigenvalue weighted by Crippen LogP contribution is -2.17. The standard InChI is InChI=1S/C13H19N3O/c1-2-4-12-11(3-1)13(16-9-15-12)17-8-10-5-6-14-7-10/h9-10,14H,1-8H2. The number of nitrogens with zero attached hydrogens (tertiary/aromatic N) is 2. The van der Waals surface area contributed by atoms with Crippen molar-refractivity contribution in [3.05, 3.63) is 17.6 Å². The highest BCUT2D eigenvalue weighted by Crippen LogP contribution is 2.26. The third kappa shape index (κ3) is 2.41. The molecule has 0 aromatic carbocycles. The average molecular weight is 233 g/mol. The van der Waals surface area contributed by atoms with E-state index in [-0.39, 0.29) is 0 Å². The molecular formula is C13H19N3O. The van der Waals surface area contributed by atoms with E-state index in [0.717, 1.165) is 38.4 Å². The summed E-state index contributed by atoms with van der Waals surface area (Å²) < 4.78 is 5.90. The minimum atomic E-state index is 0.643. The molecule has 1 saturated heterocycles. The minimum Gasteiger partial charge on any atom is -0.477 e. The fraction of sp³-hybridized carbons (Fsp3) is 0.692. The van der Waals surface area contributed by atoms with E-state index in [9.17, 15) is 0 Å². The molecule has 1 atom stereocenters. The number of aromatic nitrogens is 2. The fourth-order valence-electron chi connectivity index (χ4n) is 2.67. The summed E-state index contributed by atoms with van der Waals surface area (Å²) in [4.78, 5) is 8.66. The highest BCUT2D eigenvalue weighted by atomic mass is 16.5. The molecule has 4 nitrogen and oxygen atoms in total. The predicted octanol–water partition coefficient (Wildman–Crippen LogP) is 1.34. The normalized spacial score (nSPS) is 23.4. The van der Waals surface area contributed by atoms with Gasteiger partial charge in [0.25, 0.3) is 0 Å². The molecule has 4 heteroatoms. The Hall–Kier alpha value is -1.16. The average Bonchev–Trinajstić information content (AvgIpc) is 2.89. The van der Waals surface area contributed by atoms with Crippen LogP contribution in [-0.2, 0) is 12.8 Å². The number of hydrogen-bond acceptors (Lipinski definition) is 4. The molecule has 0 amide bonds. The number of rotatable bonds is 3. The molecule has 0 saturated carbocycles. The van der Waals surface area contributed by atoms with E-state index in [0.29, 0.717) is 5.92 Å². The molecule has 1 N–H and O–H groups in total. The van der Waals surface area contributed by atoms with Gasteiger partial charge in [-0.05, 0) is 38.6 Å². The van der Waals surface area contributed by atoms with Gasteiger partial charge in [-0.2, -0.15) is 0 Å². The molecule has 2 aliphatic rings. The third-order valence-electron chi connectivity index (χ3n) is 3.70. The van der Waals surface area contributed by atoms with Gasteiger partial charge in [-0.15, -0.1) is 0 Å². The van der Waals surface area contributed by atoms with Crippen LogP contribution < -0.4 is 10.1 Å². The molecule has 3 rings (SSSR count). The van der Waals surface area contributed by atoms with Crippen molar-refractivity contribution in [3.8, 4) is 5.88 Å². The highest BCUT2D eigenvalue weighted by Gasteiger charge is 2.19. The van der Waals surface area contributed by atoms with Gasteiger partial charge in [0.05, 0.1) is 12.3 Å². The van der Waals surface area contributed by atoms with Crippen LogP contribution in [0.4, 0.5) is 0 Å². The zero-order valence-corrected chi connectivity index (χ0v) is 10.1. The van der Waals surface area contributed by atoms with Gasteiger partial charge in [-0.25, -0.2) is 9.97 Å². The summed E-state index contributed by atoms with van der Waals surface area (Å²) >= 11 is 0. The van der Waals surface area contributed by atoms with Gasteiger partial charge in [0.1, 0.15) is 6.33 Å². The summed E-state index contributed by atoms with van der Waals surface area (Å²) in [5.74, 6) is 1.48. The van der Waals surface area contributed by atoms with E-state index in [1.807, 2.05) is 0 Å². The second kappa shape index (κ2) is 5.00. The van der Waals surface area contributed by atoms with E-state index in [1.54, 1.807) is 6.33 Å². The van der Waals surface area contributed by atoms with Crippen LogP contribution in [0.2, 0.25) is 0 Å². The van der Waals surface area contributed by atoms with E-state index in [1.165, 1.54) is 30.5 Å². The van der Waals surface area contributed by atoms with Gasteiger partial charge >= 0.3 is 0 Å². The quantitative estimate of drug-likeness (QED) is 0.856. The zero-order valence-electron chi connectivity index (χ0n) is 10.1. The molecule has 1 unspecified atom stereocenters. The molecule has 0 radical (unpaired) electrons. The smallest absolute Gasteiger partial charge is 0.219 e. The van der Waals surface area contributed by atoms with E-state index >= 15 is 0 Å². The van der Waals surface area contributed by atoms with Crippen LogP contribution in [-0.4, -0.2) is 29.7 Å². The summed E-state index contributed by atoms with van der Waals surface area (Å²) in [5.41, 5.74) is 2.45. The molecule has 92 valence electrons. The van der Waals surface area contributed by atoms with Crippen molar-refractivity contribution in [2.75, 3.05) is 19.7 Å². The summed E-state index contributed by atoms with van der Waals surface area (Å²) in [6, 6.07) is 0. The Morgan fingerprint density at radius 1 is 1.29 bits per heavy atom. The first kappa shape index (κ1) is 11.0. The third-order valence-corrected chi connectivity index (χ3v) is 3.70. The van der Waals surface area contributed by atoms with Crippen molar-refractivity contribution in [2.45, 2.75) is 32.1 Å². The lowest BCUT2D eigenvalue weighted by molar-refractivity contribution is 0.247. The van der Waals surface area contributed by atoms with Crippen LogP contribution in [0, 0.1) is 5.92 Å². The summed E-state index contributed by atoms with van der Waals surface area (Å²) in [6.07, 6.45) is 7.50. The number of aryl methyl sites for hydroxylation is 1. The van der Waals surface area contributed by atoms with Crippen LogP contribution in [0.25, 0.3) is 0 Å². The summed E-state index contributed by atoms with van der Waals surface area (Å²) in [7, 11) is 0. The zero-order chi connectivity index (χ0) is 11.5. The van der Waals surface area contributed by atoms with E-state index in [4.69, 9.17) is 4.74 Å². The lowest BCUT2D eigenvalue weighted by atomic mass is 9.97.